The minimum Gasteiger partial charge on any atom is -0.324 e. The van der Waals surface area contributed by atoms with Crippen molar-refractivity contribution in [3.05, 3.63) is 71.8 Å². The lowest BCUT2D eigenvalue weighted by Crippen LogP contribution is -2.40. The molecule has 2 amide bonds. The fourth-order valence-corrected chi connectivity index (χ4v) is 2.05. The van der Waals surface area contributed by atoms with Crippen LogP contribution in [-0.2, 0) is 0 Å². The minimum absolute atomic E-state index is 0.108. The van der Waals surface area contributed by atoms with E-state index in [0.29, 0.717) is 11.1 Å². The van der Waals surface area contributed by atoms with Crippen LogP contribution in [0.15, 0.2) is 60.7 Å². The van der Waals surface area contributed by atoms with Crippen molar-refractivity contribution in [1.29, 1.82) is 0 Å². The van der Waals surface area contributed by atoms with Gasteiger partial charge in [0.15, 0.2) is 0 Å². The van der Waals surface area contributed by atoms with Gasteiger partial charge in [-0.3, -0.25) is 9.59 Å². The average Bonchev–Trinajstić information content (AvgIpc) is 2.55. The smallest absolute Gasteiger partial charge is 0.255 e. The summed E-state index contributed by atoms with van der Waals surface area (Å²) in [6, 6.07) is 18.1. The molecule has 0 spiro atoms. The van der Waals surface area contributed by atoms with E-state index in [2.05, 4.69) is 0 Å². The van der Waals surface area contributed by atoms with Crippen LogP contribution in [0.5, 0.6) is 0 Å². The van der Waals surface area contributed by atoms with E-state index in [1.807, 2.05) is 36.4 Å². The monoisotopic (exact) mass is 282 g/mol. The van der Waals surface area contributed by atoms with Crippen LogP contribution in [0.1, 0.15) is 20.7 Å². The first kappa shape index (κ1) is 14.8. The quantitative estimate of drug-likeness (QED) is 0.808. The molecule has 0 heterocycles. The molecule has 21 heavy (non-hydrogen) atoms. The summed E-state index contributed by atoms with van der Waals surface area (Å²) < 4.78 is 0. The highest BCUT2D eigenvalue weighted by atomic mass is 16.2. The van der Waals surface area contributed by atoms with Crippen LogP contribution in [0.3, 0.4) is 0 Å². The second-order valence-corrected chi connectivity index (χ2v) is 4.88. The Morgan fingerprint density at radius 1 is 0.714 bits per heavy atom. The van der Waals surface area contributed by atoms with Crippen molar-refractivity contribution in [1.82, 2.24) is 9.80 Å². The van der Waals surface area contributed by atoms with E-state index in [-0.39, 0.29) is 18.5 Å². The molecule has 4 nitrogen and oxygen atoms in total. The Balaban J connectivity index is 2.01. The molecule has 2 aromatic carbocycles. The van der Waals surface area contributed by atoms with Crippen molar-refractivity contribution in [2.75, 3.05) is 20.8 Å². The van der Waals surface area contributed by atoms with Gasteiger partial charge in [0.2, 0.25) is 0 Å². The number of amides is 2. The van der Waals surface area contributed by atoms with Gasteiger partial charge in [-0.05, 0) is 24.3 Å². The summed E-state index contributed by atoms with van der Waals surface area (Å²) in [6.07, 6.45) is 0. The summed E-state index contributed by atoms with van der Waals surface area (Å²) in [7, 11) is 3.37. The van der Waals surface area contributed by atoms with Gasteiger partial charge >= 0.3 is 0 Å². The van der Waals surface area contributed by atoms with Crippen molar-refractivity contribution in [2.45, 2.75) is 0 Å². The van der Waals surface area contributed by atoms with Crippen LogP contribution in [0.2, 0.25) is 0 Å². The molecule has 0 aliphatic rings. The third-order valence-corrected chi connectivity index (χ3v) is 3.16. The van der Waals surface area contributed by atoms with Gasteiger partial charge in [0, 0.05) is 25.2 Å². The SMILES string of the molecule is CN(CN(C)C(=O)c1ccccc1)C(=O)c1ccccc1. The molecule has 0 aliphatic heterocycles. The number of hydrogen-bond donors (Lipinski definition) is 0. The zero-order chi connectivity index (χ0) is 15.2. The Bertz CT molecular complexity index is 556. The van der Waals surface area contributed by atoms with Crippen molar-refractivity contribution >= 4 is 11.8 Å². The van der Waals surface area contributed by atoms with E-state index in [0.717, 1.165) is 0 Å². The number of rotatable bonds is 4. The minimum atomic E-state index is -0.108. The molecule has 0 aromatic heterocycles. The second-order valence-electron chi connectivity index (χ2n) is 4.88. The zero-order valence-corrected chi connectivity index (χ0v) is 12.2. The Labute approximate surface area is 124 Å². The largest absolute Gasteiger partial charge is 0.324 e. The molecule has 0 saturated heterocycles. The topological polar surface area (TPSA) is 40.6 Å². The third-order valence-electron chi connectivity index (χ3n) is 3.16. The van der Waals surface area contributed by atoms with Gasteiger partial charge < -0.3 is 9.80 Å². The van der Waals surface area contributed by atoms with Crippen LogP contribution in [0.4, 0.5) is 0 Å². The lowest BCUT2D eigenvalue weighted by atomic mass is 10.2. The van der Waals surface area contributed by atoms with Gasteiger partial charge in [-0.2, -0.15) is 0 Å². The lowest BCUT2D eigenvalue weighted by Gasteiger charge is -2.25. The van der Waals surface area contributed by atoms with Gasteiger partial charge in [0.1, 0.15) is 0 Å². The number of nitrogens with zero attached hydrogens (tertiary/aromatic N) is 2. The summed E-state index contributed by atoms with van der Waals surface area (Å²) in [5.74, 6) is -0.216. The number of benzene rings is 2. The first-order valence-electron chi connectivity index (χ1n) is 6.70. The van der Waals surface area contributed by atoms with Gasteiger partial charge in [0.25, 0.3) is 11.8 Å². The Kier molecular flexibility index (Phi) is 4.72. The maximum atomic E-state index is 12.2. The molecule has 0 bridgehead atoms. The highest BCUT2D eigenvalue weighted by Crippen LogP contribution is 2.06. The number of carbonyl (C=O) groups excluding carboxylic acids is 2. The second kappa shape index (κ2) is 6.70. The van der Waals surface area contributed by atoms with E-state index in [1.54, 1.807) is 38.4 Å². The summed E-state index contributed by atoms with van der Waals surface area (Å²) >= 11 is 0. The molecule has 4 heteroatoms. The fraction of sp³-hybridized carbons (Fsp3) is 0.176. The van der Waals surface area contributed by atoms with Gasteiger partial charge in [-0.1, -0.05) is 36.4 Å². The maximum absolute atomic E-state index is 12.2. The third kappa shape index (κ3) is 3.69. The highest BCUT2D eigenvalue weighted by molar-refractivity contribution is 5.96. The van der Waals surface area contributed by atoms with Crippen LogP contribution in [0.25, 0.3) is 0 Å². The van der Waals surface area contributed by atoms with E-state index < -0.39 is 0 Å². The predicted molar refractivity (Wildman–Crippen MR) is 81.9 cm³/mol. The molecule has 2 aromatic rings. The van der Waals surface area contributed by atoms with Crippen molar-refractivity contribution in [2.24, 2.45) is 0 Å². The van der Waals surface area contributed by atoms with E-state index in [9.17, 15) is 9.59 Å². The van der Waals surface area contributed by atoms with Crippen LogP contribution in [0, 0.1) is 0 Å². The molecular weight excluding hydrogens is 264 g/mol. The molecular formula is C17H18N2O2. The summed E-state index contributed by atoms with van der Waals surface area (Å²) in [5.41, 5.74) is 1.22. The van der Waals surface area contributed by atoms with E-state index in [1.165, 1.54) is 9.80 Å². The number of hydrogen-bond acceptors (Lipinski definition) is 2. The van der Waals surface area contributed by atoms with Crippen molar-refractivity contribution in [3.63, 3.8) is 0 Å². The van der Waals surface area contributed by atoms with Crippen molar-refractivity contribution < 1.29 is 9.59 Å². The first-order chi connectivity index (χ1) is 10.1. The van der Waals surface area contributed by atoms with Crippen LogP contribution in [-0.4, -0.2) is 42.4 Å². The zero-order valence-electron chi connectivity index (χ0n) is 12.2. The lowest BCUT2D eigenvalue weighted by molar-refractivity contribution is 0.0617. The predicted octanol–water partition coefficient (Wildman–Crippen LogP) is 2.49. The van der Waals surface area contributed by atoms with Gasteiger partial charge in [0.05, 0.1) is 6.67 Å². The highest BCUT2D eigenvalue weighted by Gasteiger charge is 2.17. The molecule has 2 rings (SSSR count). The molecule has 0 N–H and O–H groups in total. The molecule has 0 radical (unpaired) electrons. The first-order valence-corrected chi connectivity index (χ1v) is 6.70. The van der Waals surface area contributed by atoms with E-state index >= 15 is 0 Å². The molecule has 0 unspecified atom stereocenters. The van der Waals surface area contributed by atoms with Gasteiger partial charge in [-0.25, -0.2) is 0 Å². The molecule has 0 saturated carbocycles. The molecule has 0 fully saturated rings. The normalized spacial score (nSPS) is 10.0. The maximum Gasteiger partial charge on any atom is 0.255 e. The fourth-order valence-electron chi connectivity index (χ4n) is 2.05. The average molecular weight is 282 g/mol. The van der Waals surface area contributed by atoms with E-state index in [4.69, 9.17) is 0 Å². The Morgan fingerprint density at radius 3 is 1.38 bits per heavy atom. The number of carbonyl (C=O) groups is 2. The van der Waals surface area contributed by atoms with Crippen LogP contribution < -0.4 is 0 Å². The molecule has 0 aliphatic carbocycles. The van der Waals surface area contributed by atoms with Gasteiger partial charge in [-0.15, -0.1) is 0 Å². The summed E-state index contributed by atoms with van der Waals surface area (Å²) in [4.78, 5) is 27.5. The molecule has 0 atom stereocenters. The standard InChI is InChI=1S/C17H18N2O2/c1-18(16(20)14-9-5-3-6-10-14)13-19(2)17(21)15-11-7-4-8-12-15/h3-12H,13H2,1-2H3. The van der Waals surface area contributed by atoms with Crippen LogP contribution >= 0.6 is 0 Å². The Morgan fingerprint density at radius 2 is 1.05 bits per heavy atom. The summed E-state index contributed by atoms with van der Waals surface area (Å²) in [5, 5.41) is 0. The Hall–Kier alpha value is -2.62. The molecule has 108 valence electrons. The summed E-state index contributed by atoms with van der Waals surface area (Å²) in [6.45, 7) is 0.238. The van der Waals surface area contributed by atoms with Crippen molar-refractivity contribution in [3.8, 4) is 0 Å².